The lowest BCUT2D eigenvalue weighted by atomic mass is 10.1. The van der Waals surface area contributed by atoms with Gasteiger partial charge in [0.2, 0.25) is 0 Å². The van der Waals surface area contributed by atoms with Crippen LogP contribution in [0.25, 0.3) is 0 Å². The number of unbranched alkanes of at least 4 members (excludes halogenated alkanes) is 2. The maximum atomic E-state index is 10.2. The minimum Gasteiger partial charge on any atom is -0.303 e. The van der Waals surface area contributed by atoms with Crippen LogP contribution in [0.5, 0.6) is 0 Å². The molecule has 0 N–H and O–H groups in total. The van der Waals surface area contributed by atoms with Crippen LogP contribution < -0.4 is 0 Å². The average Bonchev–Trinajstić information content (AvgIpc) is 2.32. The summed E-state index contributed by atoms with van der Waals surface area (Å²) in [5.74, 6) is 0. The van der Waals surface area contributed by atoms with E-state index in [2.05, 4.69) is 4.98 Å². The Balaban J connectivity index is 2.35. The fourth-order valence-corrected chi connectivity index (χ4v) is 1.51. The molecule has 0 aromatic carbocycles. The van der Waals surface area contributed by atoms with Gasteiger partial charge >= 0.3 is 0 Å². The fraction of sp³-hybridized carbons (Fsp3) is 0.462. The largest absolute Gasteiger partial charge is 0.303 e. The van der Waals surface area contributed by atoms with Crippen molar-refractivity contribution in [2.75, 3.05) is 0 Å². The molecule has 0 radical (unpaired) electrons. The summed E-state index contributed by atoms with van der Waals surface area (Å²) in [6, 6.07) is 4.05. The smallest absolute Gasteiger partial charge is 0.120 e. The van der Waals surface area contributed by atoms with Crippen LogP contribution in [0, 0.1) is 0 Å². The molecule has 0 saturated carbocycles. The predicted molar refractivity (Wildman–Crippen MR) is 62.2 cm³/mol. The summed E-state index contributed by atoms with van der Waals surface area (Å²) in [5, 5.41) is 0. The van der Waals surface area contributed by atoms with E-state index in [1.807, 2.05) is 18.3 Å². The van der Waals surface area contributed by atoms with Crippen LogP contribution in [0.2, 0.25) is 0 Å². The SMILES string of the molecule is O=CCCCc1ccc(CCCC=O)nc1. The van der Waals surface area contributed by atoms with E-state index in [4.69, 9.17) is 0 Å². The second-order valence-corrected chi connectivity index (χ2v) is 3.78. The van der Waals surface area contributed by atoms with Crippen LogP contribution in [0.3, 0.4) is 0 Å². The first-order valence-electron chi connectivity index (χ1n) is 5.68. The second kappa shape index (κ2) is 7.74. The molecule has 0 amide bonds. The van der Waals surface area contributed by atoms with Gasteiger partial charge in [-0.3, -0.25) is 4.98 Å². The van der Waals surface area contributed by atoms with Gasteiger partial charge in [-0.05, 0) is 37.3 Å². The van der Waals surface area contributed by atoms with Crippen molar-refractivity contribution in [2.24, 2.45) is 0 Å². The molecular weight excluding hydrogens is 202 g/mol. The molecule has 3 heteroatoms. The van der Waals surface area contributed by atoms with E-state index in [0.717, 1.165) is 43.9 Å². The number of carbonyl (C=O) groups is 2. The van der Waals surface area contributed by atoms with Gasteiger partial charge in [0.05, 0.1) is 0 Å². The summed E-state index contributed by atoms with van der Waals surface area (Å²) < 4.78 is 0. The molecule has 0 atom stereocenters. The molecule has 0 bridgehead atoms. The maximum absolute atomic E-state index is 10.2. The van der Waals surface area contributed by atoms with E-state index in [0.29, 0.717) is 12.8 Å². The van der Waals surface area contributed by atoms with Crippen molar-refractivity contribution in [3.8, 4) is 0 Å². The van der Waals surface area contributed by atoms with Crippen LogP contribution >= 0.6 is 0 Å². The Hall–Kier alpha value is -1.51. The van der Waals surface area contributed by atoms with Crippen molar-refractivity contribution in [3.05, 3.63) is 29.6 Å². The normalized spacial score (nSPS) is 10.0. The van der Waals surface area contributed by atoms with Crippen molar-refractivity contribution in [1.82, 2.24) is 4.98 Å². The molecule has 0 fully saturated rings. The topological polar surface area (TPSA) is 47.0 Å². The lowest BCUT2D eigenvalue weighted by molar-refractivity contribution is -0.108. The molecule has 0 aliphatic rings. The third kappa shape index (κ3) is 4.82. The van der Waals surface area contributed by atoms with Crippen molar-refractivity contribution in [2.45, 2.75) is 38.5 Å². The van der Waals surface area contributed by atoms with E-state index < -0.39 is 0 Å². The lowest BCUT2D eigenvalue weighted by Crippen LogP contribution is -1.93. The third-order valence-corrected chi connectivity index (χ3v) is 2.43. The quantitative estimate of drug-likeness (QED) is 0.497. The Bertz CT molecular complexity index is 286. The molecule has 0 aliphatic heterocycles. The zero-order valence-corrected chi connectivity index (χ0v) is 9.39. The number of rotatable bonds is 8. The van der Waals surface area contributed by atoms with E-state index in [1.165, 1.54) is 5.56 Å². The summed E-state index contributed by atoms with van der Waals surface area (Å²) >= 11 is 0. The van der Waals surface area contributed by atoms with E-state index in [9.17, 15) is 9.59 Å². The lowest BCUT2D eigenvalue weighted by Gasteiger charge is -2.01. The number of pyridine rings is 1. The van der Waals surface area contributed by atoms with Crippen molar-refractivity contribution >= 4 is 12.6 Å². The molecule has 1 heterocycles. The molecule has 1 rings (SSSR count). The van der Waals surface area contributed by atoms with Gasteiger partial charge in [-0.25, -0.2) is 0 Å². The zero-order valence-electron chi connectivity index (χ0n) is 9.39. The summed E-state index contributed by atoms with van der Waals surface area (Å²) in [6.07, 6.45) is 8.46. The van der Waals surface area contributed by atoms with Crippen LogP contribution in [0.4, 0.5) is 0 Å². The van der Waals surface area contributed by atoms with Gasteiger partial charge in [-0.1, -0.05) is 6.07 Å². The number of carbonyl (C=O) groups excluding carboxylic acids is 2. The van der Waals surface area contributed by atoms with Crippen molar-refractivity contribution < 1.29 is 9.59 Å². The number of nitrogens with zero attached hydrogens (tertiary/aromatic N) is 1. The first kappa shape index (κ1) is 12.6. The zero-order chi connectivity index (χ0) is 11.6. The van der Waals surface area contributed by atoms with Crippen LogP contribution in [0.15, 0.2) is 18.3 Å². The molecule has 1 aromatic heterocycles. The highest BCUT2D eigenvalue weighted by molar-refractivity contribution is 5.49. The number of hydrogen-bond donors (Lipinski definition) is 0. The molecule has 0 saturated heterocycles. The number of hydrogen-bond acceptors (Lipinski definition) is 3. The van der Waals surface area contributed by atoms with Crippen LogP contribution in [0.1, 0.15) is 36.9 Å². The Morgan fingerprint density at radius 3 is 2.25 bits per heavy atom. The average molecular weight is 219 g/mol. The van der Waals surface area contributed by atoms with E-state index in [1.54, 1.807) is 0 Å². The summed E-state index contributed by atoms with van der Waals surface area (Å²) in [4.78, 5) is 24.6. The summed E-state index contributed by atoms with van der Waals surface area (Å²) in [7, 11) is 0. The van der Waals surface area contributed by atoms with E-state index >= 15 is 0 Å². The van der Waals surface area contributed by atoms with Crippen LogP contribution in [-0.2, 0) is 22.4 Å². The van der Waals surface area contributed by atoms with Crippen LogP contribution in [-0.4, -0.2) is 17.6 Å². The molecule has 0 aliphatic carbocycles. The number of aryl methyl sites for hydroxylation is 2. The number of aldehydes is 2. The monoisotopic (exact) mass is 219 g/mol. The Kier molecular flexibility index (Phi) is 6.07. The van der Waals surface area contributed by atoms with Gasteiger partial charge in [-0.15, -0.1) is 0 Å². The molecule has 1 aromatic rings. The predicted octanol–water partition coefficient (Wildman–Crippen LogP) is 2.12. The van der Waals surface area contributed by atoms with Gasteiger partial charge in [0.15, 0.2) is 0 Å². The number of aromatic nitrogens is 1. The third-order valence-electron chi connectivity index (χ3n) is 2.43. The molecule has 3 nitrogen and oxygen atoms in total. The molecule has 0 unspecified atom stereocenters. The highest BCUT2D eigenvalue weighted by Crippen LogP contribution is 2.06. The molecule has 86 valence electrons. The standard InChI is InChI=1S/C13H17NO2/c15-9-3-1-5-12-7-8-13(14-11-12)6-2-4-10-16/h7-11H,1-6H2. The first-order chi connectivity index (χ1) is 7.86. The minimum atomic E-state index is 0.600. The Morgan fingerprint density at radius 1 is 1.00 bits per heavy atom. The van der Waals surface area contributed by atoms with Gasteiger partial charge < -0.3 is 9.59 Å². The second-order valence-electron chi connectivity index (χ2n) is 3.78. The Labute approximate surface area is 95.9 Å². The maximum Gasteiger partial charge on any atom is 0.120 e. The van der Waals surface area contributed by atoms with Gasteiger partial charge in [-0.2, -0.15) is 0 Å². The van der Waals surface area contributed by atoms with Crippen molar-refractivity contribution in [3.63, 3.8) is 0 Å². The molecular formula is C13H17NO2. The summed E-state index contributed by atoms with van der Waals surface area (Å²) in [6.45, 7) is 0. The van der Waals surface area contributed by atoms with Gasteiger partial charge in [0.1, 0.15) is 12.6 Å². The highest BCUT2D eigenvalue weighted by Gasteiger charge is 1.97. The molecule has 16 heavy (non-hydrogen) atoms. The molecule has 0 spiro atoms. The van der Waals surface area contributed by atoms with Crippen molar-refractivity contribution in [1.29, 1.82) is 0 Å². The van der Waals surface area contributed by atoms with E-state index in [-0.39, 0.29) is 0 Å². The summed E-state index contributed by atoms with van der Waals surface area (Å²) in [5.41, 5.74) is 2.20. The first-order valence-corrected chi connectivity index (χ1v) is 5.68. The Morgan fingerprint density at radius 2 is 1.69 bits per heavy atom. The minimum absolute atomic E-state index is 0.600. The van der Waals surface area contributed by atoms with Gasteiger partial charge in [0.25, 0.3) is 0 Å². The highest BCUT2D eigenvalue weighted by atomic mass is 16.1. The fourth-order valence-electron chi connectivity index (χ4n) is 1.51. The van der Waals surface area contributed by atoms with Gasteiger partial charge in [0, 0.05) is 24.7 Å².